The van der Waals surface area contributed by atoms with Gasteiger partial charge in [-0.25, -0.2) is 4.79 Å². The molecule has 2 nitrogen and oxygen atoms in total. The average molecular weight is 203 g/mol. The molecule has 0 fully saturated rings. The standard InChI is InChI=1S/C7H7BrO2/c8-5-4-6-2-1-3-7(9)10-6/h1,3-6H,2H2/b5-4+/t6-/m0/s1. The van der Waals surface area contributed by atoms with Gasteiger partial charge in [0.05, 0.1) is 0 Å². The van der Waals surface area contributed by atoms with E-state index in [4.69, 9.17) is 4.74 Å². The molecule has 3 heteroatoms. The number of esters is 1. The Morgan fingerprint density at radius 1 is 1.80 bits per heavy atom. The fraction of sp³-hybridized carbons (Fsp3) is 0.286. The Hall–Kier alpha value is -0.570. The third-order valence-electron chi connectivity index (χ3n) is 1.18. The Bertz CT molecular complexity index is 184. The number of carbonyl (C=O) groups excluding carboxylic acids is 1. The van der Waals surface area contributed by atoms with E-state index in [1.165, 1.54) is 6.08 Å². The molecule has 0 saturated carbocycles. The van der Waals surface area contributed by atoms with Gasteiger partial charge >= 0.3 is 5.97 Å². The normalized spacial score (nSPS) is 25.3. The summed E-state index contributed by atoms with van der Waals surface area (Å²) in [4.78, 5) is 12.3. The van der Waals surface area contributed by atoms with Crippen LogP contribution in [-0.4, -0.2) is 12.1 Å². The van der Waals surface area contributed by atoms with Crippen LogP contribution in [-0.2, 0) is 9.53 Å². The van der Waals surface area contributed by atoms with E-state index in [1.807, 2.05) is 6.08 Å². The Labute approximate surface area is 67.7 Å². The van der Waals surface area contributed by atoms with Crippen LogP contribution >= 0.6 is 15.9 Å². The van der Waals surface area contributed by atoms with Crippen LogP contribution in [0.2, 0.25) is 0 Å². The number of rotatable bonds is 1. The number of hydrogen-bond donors (Lipinski definition) is 0. The summed E-state index contributed by atoms with van der Waals surface area (Å²) in [7, 11) is 0. The number of cyclic esters (lactones) is 1. The summed E-state index contributed by atoms with van der Waals surface area (Å²) in [6, 6.07) is 0. The van der Waals surface area contributed by atoms with Crippen molar-refractivity contribution in [3.63, 3.8) is 0 Å². The zero-order valence-corrected chi connectivity index (χ0v) is 6.87. The first-order chi connectivity index (χ1) is 4.83. The Balaban J connectivity index is 2.52. The topological polar surface area (TPSA) is 26.3 Å². The largest absolute Gasteiger partial charge is 0.455 e. The third kappa shape index (κ3) is 1.99. The van der Waals surface area contributed by atoms with E-state index in [-0.39, 0.29) is 12.1 Å². The minimum absolute atomic E-state index is 0.0862. The van der Waals surface area contributed by atoms with Crippen molar-refractivity contribution >= 4 is 21.9 Å². The molecule has 0 spiro atoms. The minimum atomic E-state index is -0.262. The zero-order chi connectivity index (χ0) is 7.40. The summed E-state index contributed by atoms with van der Waals surface area (Å²) in [5.41, 5.74) is 0. The fourth-order valence-electron chi connectivity index (χ4n) is 0.734. The van der Waals surface area contributed by atoms with Crippen LogP contribution in [0, 0.1) is 0 Å². The van der Waals surface area contributed by atoms with Gasteiger partial charge in [-0.1, -0.05) is 22.0 Å². The molecular formula is C7H7BrO2. The molecule has 1 atom stereocenters. The fourth-order valence-corrected chi connectivity index (χ4v) is 1.07. The Kier molecular flexibility index (Phi) is 2.68. The second kappa shape index (κ2) is 3.56. The molecule has 1 aliphatic rings. The zero-order valence-electron chi connectivity index (χ0n) is 5.29. The minimum Gasteiger partial charge on any atom is -0.455 e. The van der Waals surface area contributed by atoms with Crippen LogP contribution < -0.4 is 0 Å². The van der Waals surface area contributed by atoms with Crippen molar-refractivity contribution in [2.45, 2.75) is 12.5 Å². The summed E-state index contributed by atoms with van der Waals surface area (Å²) in [5.74, 6) is -0.262. The summed E-state index contributed by atoms with van der Waals surface area (Å²) in [6.07, 6.45) is 5.73. The van der Waals surface area contributed by atoms with Crippen LogP contribution in [0.1, 0.15) is 6.42 Å². The van der Waals surface area contributed by atoms with Gasteiger partial charge in [0.1, 0.15) is 6.10 Å². The van der Waals surface area contributed by atoms with Crippen LogP contribution in [0.4, 0.5) is 0 Å². The monoisotopic (exact) mass is 202 g/mol. The maximum absolute atomic E-state index is 10.6. The van der Waals surface area contributed by atoms with E-state index in [2.05, 4.69) is 15.9 Å². The molecule has 0 N–H and O–H groups in total. The van der Waals surface area contributed by atoms with Gasteiger partial charge in [0, 0.05) is 12.5 Å². The lowest BCUT2D eigenvalue weighted by Crippen LogP contribution is -2.16. The van der Waals surface area contributed by atoms with Gasteiger partial charge in [0.2, 0.25) is 0 Å². The van der Waals surface area contributed by atoms with Crippen molar-refractivity contribution in [3.05, 3.63) is 23.2 Å². The molecule has 0 aromatic heterocycles. The number of ether oxygens (including phenoxy) is 1. The van der Waals surface area contributed by atoms with Crippen molar-refractivity contribution in [2.24, 2.45) is 0 Å². The highest BCUT2D eigenvalue weighted by Gasteiger charge is 2.11. The second-order valence-electron chi connectivity index (χ2n) is 1.93. The highest BCUT2D eigenvalue weighted by Crippen LogP contribution is 2.08. The summed E-state index contributed by atoms with van der Waals surface area (Å²) < 4.78 is 4.88. The molecule has 10 heavy (non-hydrogen) atoms. The SMILES string of the molecule is O=C1C=CC[C@@H](/C=C/Br)O1. The Morgan fingerprint density at radius 2 is 2.60 bits per heavy atom. The van der Waals surface area contributed by atoms with Crippen LogP contribution in [0.15, 0.2) is 23.2 Å². The number of carbonyl (C=O) groups is 1. The summed E-state index contributed by atoms with van der Waals surface area (Å²) in [5, 5.41) is 0. The lowest BCUT2D eigenvalue weighted by atomic mass is 10.2. The molecule has 0 bridgehead atoms. The lowest BCUT2D eigenvalue weighted by molar-refractivity contribution is -0.141. The Morgan fingerprint density at radius 3 is 3.20 bits per heavy atom. The highest BCUT2D eigenvalue weighted by molar-refractivity contribution is 9.11. The van der Waals surface area contributed by atoms with E-state index >= 15 is 0 Å². The van der Waals surface area contributed by atoms with Crippen molar-refractivity contribution in [3.8, 4) is 0 Å². The first kappa shape index (κ1) is 7.54. The smallest absolute Gasteiger partial charge is 0.331 e. The number of halogens is 1. The number of hydrogen-bond acceptors (Lipinski definition) is 2. The first-order valence-corrected chi connectivity index (χ1v) is 3.88. The van der Waals surface area contributed by atoms with Crippen molar-refractivity contribution in [2.75, 3.05) is 0 Å². The predicted molar refractivity (Wildman–Crippen MR) is 41.7 cm³/mol. The van der Waals surface area contributed by atoms with Gasteiger partial charge in [0.15, 0.2) is 0 Å². The van der Waals surface area contributed by atoms with Crippen LogP contribution in [0.3, 0.4) is 0 Å². The molecule has 1 aliphatic heterocycles. The maximum atomic E-state index is 10.6. The maximum Gasteiger partial charge on any atom is 0.331 e. The van der Waals surface area contributed by atoms with Crippen molar-refractivity contribution in [1.29, 1.82) is 0 Å². The molecule has 0 aliphatic carbocycles. The van der Waals surface area contributed by atoms with Crippen LogP contribution in [0.5, 0.6) is 0 Å². The quantitative estimate of drug-likeness (QED) is 0.607. The molecule has 0 aromatic rings. The van der Waals surface area contributed by atoms with Gasteiger partial charge < -0.3 is 4.74 Å². The molecule has 1 heterocycles. The van der Waals surface area contributed by atoms with Crippen LogP contribution in [0.25, 0.3) is 0 Å². The molecule has 0 amide bonds. The molecule has 0 saturated heterocycles. The van der Waals surface area contributed by atoms with Crippen molar-refractivity contribution < 1.29 is 9.53 Å². The van der Waals surface area contributed by atoms with E-state index in [0.29, 0.717) is 0 Å². The van der Waals surface area contributed by atoms with Gasteiger partial charge in [-0.2, -0.15) is 0 Å². The van der Waals surface area contributed by atoms with Gasteiger partial charge in [0.25, 0.3) is 0 Å². The van der Waals surface area contributed by atoms with E-state index in [0.717, 1.165) is 6.42 Å². The highest BCUT2D eigenvalue weighted by atomic mass is 79.9. The van der Waals surface area contributed by atoms with Gasteiger partial charge in [-0.05, 0) is 11.1 Å². The molecule has 0 aromatic carbocycles. The average Bonchev–Trinajstić information content (AvgIpc) is 1.88. The van der Waals surface area contributed by atoms with E-state index in [9.17, 15) is 4.79 Å². The second-order valence-corrected chi connectivity index (χ2v) is 2.46. The molecule has 0 radical (unpaired) electrons. The lowest BCUT2D eigenvalue weighted by Gasteiger charge is -2.13. The van der Waals surface area contributed by atoms with Gasteiger partial charge in [-0.3, -0.25) is 0 Å². The predicted octanol–water partition coefficient (Wildman–Crippen LogP) is 1.77. The first-order valence-electron chi connectivity index (χ1n) is 2.97. The van der Waals surface area contributed by atoms with E-state index in [1.54, 1.807) is 11.1 Å². The molecule has 1 rings (SSSR count). The molecule has 0 unspecified atom stereocenters. The summed E-state index contributed by atoms with van der Waals surface area (Å²) in [6.45, 7) is 0. The van der Waals surface area contributed by atoms with Crippen molar-refractivity contribution in [1.82, 2.24) is 0 Å². The molecular weight excluding hydrogens is 196 g/mol. The molecule has 54 valence electrons. The third-order valence-corrected chi connectivity index (χ3v) is 1.48. The summed E-state index contributed by atoms with van der Waals surface area (Å²) >= 11 is 3.11. The van der Waals surface area contributed by atoms with E-state index < -0.39 is 0 Å². The van der Waals surface area contributed by atoms with Gasteiger partial charge in [-0.15, -0.1) is 0 Å².